The molecule has 0 saturated heterocycles. The average Bonchev–Trinajstić information content (AvgIpc) is 2.48. The summed E-state index contributed by atoms with van der Waals surface area (Å²) >= 11 is 4.05. The van der Waals surface area contributed by atoms with Gasteiger partial charge in [0, 0.05) is 6.54 Å². The summed E-state index contributed by atoms with van der Waals surface area (Å²) in [5.74, 6) is 1.05. The topological polar surface area (TPSA) is 54.5 Å². The third-order valence-electron chi connectivity index (χ3n) is 1.18. The van der Waals surface area contributed by atoms with Gasteiger partial charge in [0.25, 0.3) is 5.82 Å². The van der Waals surface area contributed by atoms with Crippen molar-refractivity contribution in [2.24, 2.45) is 0 Å². The Bertz CT molecular complexity index is 262. The van der Waals surface area contributed by atoms with Crippen LogP contribution in [0, 0.1) is 11.3 Å². The summed E-state index contributed by atoms with van der Waals surface area (Å²) in [4.78, 5) is 3.75. The van der Waals surface area contributed by atoms with E-state index in [0.717, 1.165) is 18.7 Å². The van der Waals surface area contributed by atoms with Crippen molar-refractivity contribution in [1.29, 1.82) is 5.26 Å². The fourth-order valence-corrected chi connectivity index (χ4v) is 0.828. The van der Waals surface area contributed by atoms with Gasteiger partial charge in [0.15, 0.2) is 0 Å². The summed E-state index contributed by atoms with van der Waals surface area (Å²) in [6, 6.07) is 1.86. The zero-order valence-electron chi connectivity index (χ0n) is 5.93. The summed E-state index contributed by atoms with van der Waals surface area (Å²) in [6.45, 7) is 0.776. The molecule has 0 fully saturated rings. The van der Waals surface area contributed by atoms with Gasteiger partial charge >= 0.3 is 0 Å². The molecule has 4 nitrogen and oxygen atoms in total. The molecule has 0 radical (unpaired) electrons. The predicted molar refractivity (Wildman–Crippen MR) is 43.2 cm³/mol. The molecule has 0 bridgehead atoms. The van der Waals surface area contributed by atoms with E-state index in [2.05, 4.69) is 22.7 Å². The van der Waals surface area contributed by atoms with E-state index in [1.165, 1.54) is 0 Å². The Kier molecular flexibility index (Phi) is 2.93. The third-order valence-corrected chi connectivity index (χ3v) is 1.50. The Balaban J connectivity index is 2.53. The highest BCUT2D eigenvalue weighted by Crippen LogP contribution is 1.91. The SMILES string of the molecule is N#Cc1ncn(CCCS)n1. The van der Waals surface area contributed by atoms with Gasteiger partial charge in [-0.25, -0.2) is 4.98 Å². The van der Waals surface area contributed by atoms with Crippen LogP contribution in [0.2, 0.25) is 0 Å². The van der Waals surface area contributed by atoms with E-state index in [-0.39, 0.29) is 5.82 Å². The number of nitrogens with zero attached hydrogens (tertiary/aromatic N) is 4. The Morgan fingerprint density at radius 2 is 2.55 bits per heavy atom. The molecule has 0 aliphatic rings. The van der Waals surface area contributed by atoms with E-state index in [1.807, 2.05) is 6.07 Å². The quantitative estimate of drug-likeness (QED) is 0.667. The highest BCUT2D eigenvalue weighted by Gasteiger charge is 1.96. The number of aromatic nitrogens is 3. The van der Waals surface area contributed by atoms with Crippen molar-refractivity contribution in [3.05, 3.63) is 12.2 Å². The molecular formula is C6H8N4S. The van der Waals surface area contributed by atoms with Crippen LogP contribution in [0.5, 0.6) is 0 Å². The molecule has 0 aliphatic heterocycles. The summed E-state index contributed by atoms with van der Waals surface area (Å²) < 4.78 is 1.65. The van der Waals surface area contributed by atoms with Crippen LogP contribution in [0.25, 0.3) is 0 Å². The Hall–Kier alpha value is -1.02. The van der Waals surface area contributed by atoms with E-state index in [9.17, 15) is 0 Å². The zero-order chi connectivity index (χ0) is 8.10. The van der Waals surface area contributed by atoms with Crippen LogP contribution in [-0.4, -0.2) is 20.5 Å². The van der Waals surface area contributed by atoms with Gasteiger partial charge in [0.05, 0.1) is 0 Å². The van der Waals surface area contributed by atoms with Crippen LogP contribution < -0.4 is 0 Å². The van der Waals surface area contributed by atoms with Crippen LogP contribution in [-0.2, 0) is 6.54 Å². The minimum atomic E-state index is 0.226. The summed E-state index contributed by atoms with van der Waals surface area (Å²) in [7, 11) is 0. The zero-order valence-corrected chi connectivity index (χ0v) is 6.83. The summed E-state index contributed by atoms with van der Waals surface area (Å²) in [5, 5.41) is 12.2. The first-order valence-corrected chi connectivity index (χ1v) is 3.90. The molecule has 0 unspecified atom stereocenters. The third kappa shape index (κ3) is 2.24. The minimum absolute atomic E-state index is 0.226. The molecular weight excluding hydrogens is 160 g/mol. The van der Waals surface area contributed by atoms with E-state index in [1.54, 1.807) is 11.0 Å². The molecule has 1 aromatic rings. The van der Waals surface area contributed by atoms with E-state index >= 15 is 0 Å². The maximum absolute atomic E-state index is 8.37. The standard InChI is InChI=1S/C6H8N4S/c7-4-6-8-5-10(9-6)2-1-3-11/h5,11H,1-3H2. The van der Waals surface area contributed by atoms with Crippen LogP contribution in [0.3, 0.4) is 0 Å². The molecule has 0 saturated carbocycles. The van der Waals surface area contributed by atoms with Crippen molar-refractivity contribution in [2.75, 3.05) is 5.75 Å². The highest BCUT2D eigenvalue weighted by atomic mass is 32.1. The maximum Gasteiger partial charge on any atom is 0.252 e. The highest BCUT2D eigenvalue weighted by molar-refractivity contribution is 7.80. The number of nitriles is 1. The lowest BCUT2D eigenvalue weighted by molar-refractivity contribution is 0.603. The van der Waals surface area contributed by atoms with Gasteiger partial charge in [-0.3, -0.25) is 4.68 Å². The van der Waals surface area contributed by atoms with Crippen LogP contribution in [0.1, 0.15) is 12.2 Å². The molecule has 1 rings (SSSR count). The van der Waals surface area contributed by atoms with Gasteiger partial charge in [0.1, 0.15) is 12.4 Å². The molecule has 0 amide bonds. The van der Waals surface area contributed by atoms with Crippen molar-refractivity contribution in [2.45, 2.75) is 13.0 Å². The minimum Gasteiger partial charge on any atom is -0.252 e. The van der Waals surface area contributed by atoms with Crippen LogP contribution in [0.4, 0.5) is 0 Å². The first-order chi connectivity index (χ1) is 5.36. The number of thiol groups is 1. The largest absolute Gasteiger partial charge is 0.252 e. The van der Waals surface area contributed by atoms with Crippen molar-refractivity contribution < 1.29 is 0 Å². The van der Waals surface area contributed by atoms with E-state index in [0.29, 0.717) is 0 Å². The molecule has 11 heavy (non-hydrogen) atoms. The molecule has 0 atom stereocenters. The average molecular weight is 168 g/mol. The van der Waals surface area contributed by atoms with Crippen molar-refractivity contribution in [3.63, 3.8) is 0 Å². The number of hydrogen-bond acceptors (Lipinski definition) is 4. The maximum atomic E-state index is 8.37. The number of hydrogen-bond donors (Lipinski definition) is 1. The van der Waals surface area contributed by atoms with Gasteiger partial charge in [-0.1, -0.05) is 0 Å². The molecule has 0 aliphatic carbocycles. The van der Waals surface area contributed by atoms with Crippen molar-refractivity contribution >= 4 is 12.6 Å². The Morgan fingerprint density at radius 3 is 3.09 bits per heavy atom. The smallest absolute Gasteiger partial charge is 0.252 e. The second-order valence-electron chi connectivity index (χ2n) is 2.02. The summed E-state index contributed by atoms with van der Waals surface area (Å²) in [6.07, 6.45) is 2.50. The Labute approximate surface area is 70.3 Å². The van der Waals surface area contributed by atoms with E-state index in [4.69, 9.17) is 5.26 Å². The molecule has 0 N–H and O–H groups in total. The van der Waals surface area contributed by atoms with Crippen LogP contribution in [0.15, 0.2) is 6.33 Å². The monoisotopic (exact) mass is 168 g/mol. The second-order valence-corrected chi connectivity index (χ2v) is 2.47. The van der Waals surface area contributed by atoms with Gasteiger partial charge in [0.2, 0.25) is 0 Å². The fraction of sp³-hybridized carbons (Fsp3) is 0.500. The lowest BCUT2D eigenvalue weighted by Gasteiger charge is -1.94. The molecule has 58 valence electrons. The molecule has 0 aromatic carbocycles. The first kappa shape index (κ1) is 8.08. The number of aryl methyl sites for hydroxylation is 1. The van der Waals surface area contributed by atoms with Gasteiger partial charge in [-0.2, -0.15) is 17.9 Å². The lowest BCUT2D eigenvalue weighted by Crippen LogP contribution is -1.99. The molecule has 1 heterocycles. The van der Waals surface area contributed by atoms with E-state index < -0.39 is 0 Å². The summed E-state index contributed by atoms with van der Waals surface area (Å²) in [5.41, 5.74) is 0. The normalized spacial score (nSPS) is 9.45. The van der Waals surface area contributed by atoms with Crippen molar-refractivity contribution in [3.8, 4) is 6.07 Å². The number of rotatable bonds is 3. The molecule has 5 heteroatoms. The van der Waals surface area contributed by atoms with Gasteiger partial charge < -0.3 is 0 Å². The Morgan fingerprint density at radius 1 is 1.73 bits per heavy atom. The first-order valence-electron chi connectivity index (χ1n) is 3.27. The fourth-order valence-electron chi connectivity index (χ4n) is 0.686. The van der Waals surface area contributed by atoms with Gasteiger partial charge in [-0.05, 0) is 12.2 Å². The predicted octanol–water partition coefficient (Wildman–Crippen LogP) is 0.470. The van der Waals surface area contributed by atoms with Gasteiger partial charge in [-0.15, -0.1) is 5.10 Å². The molecule has 1 aromatic heterocycles. The lowest BCUT2D eigenvalue weighted by atomic mass is 10.5. The van der Waals surface area contributed by atoms with Crippen LogP contribution >= 0.6 is 12.6 Å². The molecule has 0 spiro atoms. The second kappa shape index (κ2) is 3.98. The van der Waals surface area contributed by atoms with Crippen molar-refractivity contribution in [1.82, 2.24) is 14.8 Å².